The highest BCUT2D eigenvalue weighted by Crippen LogP contribution is 2.44. The number of halogens is 2. The molecule has 2 atom stereocenters. The molecule has 4 heterocycles. The predicted molar refractivity (Wildman–Crippen MR) is 125 cm³/mol. The molecule has 1 saturated heterocycles. The molecule has 2 aliphatic heterocycles. The van der Waals surface area contributed by atoms with E-state index in [-0.39, 0.29) is 26.9 Å². The van der Waals surface area contributed by atoms with Gasteiger partial charge in [-0.15, -0.1) is 28.2 Å². The number of β-lactam (4-membered cyclic amide) rings is 1. The van der Waals surface area contributed by atoms with Crippen LogP contribution in [0.15, 0.2) is 32.4 Å². The highest BCUT2D eigenvalue weighted by Gasteiger charge is 2.57. The zero-order valence-corrected chi connectivity index (χ0v) is 20.5. The number of thioether (sulfide) groups is 2. The van der Waals surface area contributed by atoms with Gasteiger partial charge in [0.25, 0.3) is 11.8 Å². The zero-order chi connectivity index (χ0) is 23.9. The third-order valence-electron chi connectivity index (χ3n) is 4.68. The Hall–Kier alpha value is -2.33. The first-order chi connectivity index (χ1) is 15.7. The number of nitrogens with zero attached hydrogens (tertiary/aromatic N) is 7. The molecule has 17 heteroatoms. The number of aryl methyl sites for hydroxylation is 1. The summed E-state index contributed by atoms with van der Waals surface area (Å²) >= 11 is 15.0. The van der Waals surface area contributed by atoms with E-state index in [1.807, 2.05) is 0 Å². The Morgan fingerprint density at radius 2 is 2.21 bits per heavy atom. The number of rotatable bonds is 7. The first-order valence-corrected chi connectivity index (χ1v) is 12.7. The number of amides is 2. The van der Waals surface area contributed by atoms with Crippen LogP contribution in [0.4, 0.5) is 10.9 Å². The molecule has 0 aromatic carbocycles. The molecule has 2 amide bonds. The van der Waals surface area contributed by atoms with Crippen LogP contribution >= 0.6 is 58.1 Å². The molecule has 0 saturated carbocycles. The summed E-state index contributed by atoms with van der Waals surface area (Å²) < 4.78 is 1.17. The average molecular weight is 549 g/mol. The molecule has 0 aliphatic carbocycles. The van der Waals surface area contributed by atoms with Crippen molar-refractivity contribution < 1.29 is 19.5 Å². The Morgan fingerprint density at radius 1 is 1.45 bits per heavy atom. The van der Waals surface area contributed by atoms with Crippen LogP contribution in [0.3, 0.4) is 0 Å². The number of aromatic nitrogens is 5. The lowest BCUT2D eigenvalue weighted by molar-refractivity contribution is -0.148. The fourth-order valence-electron chi connectivity index (χ4n) is 3.32. The first kappa shape index (κ1) is 23.8. The molecule has 0 bridgehead atoms. The fraction of sp³-hybridized carbons (Fsp3) is 0.312. The van der Waals surface area contributed by atoms with Gasteiger partial charge in [-0.3, -0.25) is 19.4 Å². The molecule has 0 radical (unpaired) electrons. The molecule has 4 rings (SSSR count). The van der Waals surface area contributed by atoms with E-state index < -0.39 is 29.2 Å². The van der Waals surface area contributed by atoms with Crippen LogP contribution < -0.4 is 10.6 Å². The average Bonchev–Trinajstić information content (AvgIpc) is 3.36. The third-order valence-corrected chi connectivity index (χ3v) is 7.99. The number of nitrogen functional groups attached to an aromatic ring is 1. The van der Waals surface area contributed by atoms with Crippen molar-refractivity contribution in [2.75, 3.05) is 22.1 Å². The first-order valence-electron chi connectivity index (χ1n) is 9.01. The molecular weight excluding hydrogens is 535 g/mol. The van der Waals surface area contributed by atoms with E-state index in [9.17, 15) is 19.5 Å². The van der Waals surface area contributed by atoms with Gasteiger partial charge in [0.2, 0.25) is 5.16 Å². The summed E-state index contributed by atoms with van der Waals surface area (Å²) in [5.74, 6) is -1.71. The molecule has 0 spiro atoms. The number of nitrogens with two attached hydrogens (primary N) is 1. The maximum absolute atomic E-state index is 13.2. The molecule has 12 nitrogen and oxygen atoms in total. The van der Waals surface area contributed by atoms with Crippen molar-refractivity contribution in [1.29, 1.82) is 0 Å². The van der Waals surface area contributed by atoms with Crippen molar-refractivity contribution >= 4 is 86.8 Å². The van der Waals surface area contributed by atoms with Gasteiger partial charge in [0.15, 0.2) is 5.13 Å². The Bertz CT molecular complexity index is 1190. The molecule has 1 fully saturated rings. The predicted octanol–water partition coefficient (Wildman–Crippen LogP) is 1.32. The Morgan fingerprint density at radius 3 is 2.79 bits per heavy atom. The quantitative estimate of drug-likeness (QED) is 0.291. The summed E-state index contributed by atoms with van der Waals surface area (Å²) in [5, 5.41) is 22.6. The van der Waals surface area contributed by atoms with Gasteiger partial charge in [-0.25, -0.2) is 14.5 Å². The van der Waals surface area contributed by atoms with Crippen LogP contribution in [0.25, 0.3) is 0 Å². The maximum Gasteiger partial charge on any atom is 0.352 e. The number of thiazole rings is 1. The van der Waals surface area contributed by atoms with E-state index in [1.54, 1.807) is 7.05 Å². The standard InChI is InChI=1S/C16H14Cl2N8O4S3/c1-24-16(21-22-23-24)33-4-6-3-31-13-11(12(28)26(13)10(6)14(29)30)25(9(27)2-7(17)18)8-5-32-15(19)20-8/h2,5,11,13H,3-4H2,1H3,(H2,19,20)(H,29,30)/t11?,13-/m0/s1. The highest BCUT2D eigenvalue weighted by molar-refractivity contribution is 8.01. The van der Waals surface area contributed by atoms with Crippen LogP contribution in [0.5, 0.6) is 0 Å². The molecule has 2 aliphatic rings. The van der Waals surface area contributed by atoms with Crippen LogP contribution in [-0.4, -0.2) is 75.9 Å². The van der Waals surface area contributed by atoms with Gasteiger partial charge in [-0.05, 0) is 16.0 Å². The van der Waals surface area contributed by atoms with Crippen LogP contribution in [0, 0.1) is 0 Å². The van der Waals surface area contributed by atoms with Crippen molar-refractivity contribution in [3.8, 4) is 0 Å². The lowest BCUT2D eigenvalue weighted by atomic mass is 10.0. The van der Waals surface area contributed by atoms with Crippen molar-refractivity contribution in [1.82, 2.24) is 30.1 Å². The number of fused-ring (bicyclic) bond motifs is 1. The van der Waals surface area contributed by atoms with Crippen molar-refractivity contribution in [3.05, 3.63) is 27.2 Å². The molecule has 33 heavy (non-hydrogen) atoms. The zero-order valence-electron chi connectivity index (χ0n) is 16.6. The van der Waals surface area contributed by atoms with Crippen LogP contribution in [0.1, 0.15) is 0 Å². The summed E-state index contributed by atoms with van der Waals surface area (Å²) in [7, 11) is 1.67. The van der Waals surface area contributed by atoms with Gasteiger partial charge in [0.1, 0.15) is 27.4 Å². The SMILES string of the molecule is Cn1nnnc1SCC1=C(C(=O)O)N2C(=O)C(N(C(=O)C=C(Cl)Cl)c3csc(N)n3)[C@@H]2SC1. The number of hydrogen-bond acceptors (Lipinski definition) is 11. The minimum atomic E-state index is -1.24. The summed E-state index contributed by atoms with van der Waals surface area (Å²) in [6.45, 7) is 0. The number of carbonyl (C=O) groups excluding carboxylic acids is 2. The lowest BCUT2D eigenvalue weighted by Crippen LogP contribution is -2.71. The van der Waals surface area contributed by atoms with E-state index in [0.29, 0.717) is 16.5 Å². The molecule has 3 N–H and O–H groups in total. The fourth-order valence-corrected chi connectivity index (χ4v) is 6.42. The summed E-state index contributed by atoms with van der Waals surface area (Å²) in [4.78, 5) is 44.5. The van der Waals surface area contributed by atoms with E-state index in [4.69, 9.17) is 28.9 Å². The van der Waals surface area contributed by atoms with Crippen molar-refractivity contribution in [3.63, 3.8) is 0 Å². The van der Waals surface area contributed by atoms with Crippen LogP contribution in [-0.2, 0) is 21.4 Å². The van der Waals surface area contributed by atoms with E-state index in [2.05, 4.69) is 20.5 Å². The topological polar surface area (TPSA) is 160 Å². The molecule has 2 aromatic heterocycles. The van der Waals surface area contributed by atoms with E-state index in [1.165, 1.54) is 38.5 Å². The van der Waals surface area contributed by atoms with Gasteiger partial charge in [-0.1, -0.05) is 35.0 Å². The summed E-state index contributed by atoms with van der Waals surface area (Å²) in [6, 6.07) is -1.00. The lowest BCUT2D eigenvalue weighted by Gasteiger charge is -2.52. The maximum atomic E-state index is 13.2. The number of carboxylic acid groups (broad SMARTS) is 1. The molecule has 1 unspecified atom stereocenters. The smallest absolute Gasteiger partial charge is 0.352 e. The second-order valence-electron chi connectivity index (χ2n) is 6.67. The normalized spacial score (nSPS) is 19.7. The Balaban J connectivity index is 1.63. The van der Waals surface area contributed by atoms with Gasteiger partial charge < -0.3 is 10.8 Å². The second kappa shape index (κ2) is 9.50. The molecule has 2 aromatic rings. The Labute approximate surface area is 208 Å². The monoisotopic (exact) mass is 548 g/mol. The number of aliphatic carboxylic acids is 1. The van der Waals surface area contributed by atoms with Crippen LogP contribution in [0.2, 0.25) is 0 Å². The largest absolute Gasteiger partial charge is 0.477 e. The highest BCUT2D eigenvalue weighted by atomic mass is 35.5. The van der Waals surface area contributed by atoms with Crippen molar-refractivity contribution in [2.24, 2.45) is 7.05 Å². The molecular formula is C16H14Cl2N8O4S3. The van der Waals surface area contributed by atoms with Gasteiger partial charge in [0.05, 0.1) is 0 Å². The molecule has 174 valence electrons. The van der Waals surface area contributed by atoms with Gasteiger partial charge in [0, 0.05) is 30.0 Å². The number of hydrogen-bond donors (Lipinski definition) is 2. The summed E-state index contributed by atoms with van der Waals surface area (Å²) in [6.07, 6.45) is 0.951. The van der Waals surface area contributed by atoms with Gasteiger partial charge in [-0.2, -0.15) is 0 Å². The Kier molecular flexibility index (Phi) is 6.86. The number of anilines is 2. The van der Waals surface area contributed by atoms with E-state index in [0.717, 1.165) is 22.3 Å². The van der Waals surface area contributed by atoms with Gasteiger partial charge >= 0.3 is 5.97 Å². The van der Waals surface area contributed by atoms with E-state index >= 15 is 0 Å². The van der Waals surface area contributed by atoms with Crippen molar-refractivity contribution in [2.45, 2.75) is 16.6 Å². The third kappa shape index (κ3) is 4.55. The second-order valence-corrected chi connectivity index (χ2v) is 10.6. The minimum Gasteiger partial charge on any atom is -0.477 e. The number of carboxylic acids is 1. The number of tetrazole rings is 1. The number of carbonyl (C=O) groups is 3. The summed E-state index contributed by atoms with van der Waals surface area (Å²) in [5.41, 5.74) is 6.14. The minimum absolute atomic E-state index is 0.112.